The third-order valence-corrected chi connectivity index (χ3v) is 4.45. The van der Waals surface area contributed by atoms with Gasteiger partial charge in [0, 0.05) is 6.42 Å². The van der Waals surface area contributed by atoms with Gasteiger partial charge in [-0.3, -0.25) is 0 Å². The van der Waals surface area contributed by atoms with Crippen molar-refractivity contribution in [2.75, 3.05) is 13.2 Å². The SMILES string of the molecule is NC1=NC2(CO1)COc1ccc(-c3ccsc3)cc1C2. The molecule has 2 aliphatic heterocycles. The van der Waals surface area contributed by atoms with Crippen LogP contribution in [-0.2, 0) is 11.2 Å². The van der Waals surface area contributed by atoms with Crippen LogP contribution >= 0.6 is 11.3 Å². The molecule has 0 saturated heterocycles. The third-order valence-electron chi connectivity index (χ3n) is 3.77. The van der Waals surface area contributed by atoms with Gasteiger partial charge in [-0.05, 0) is 45.6 Å². The monoisotopic (exact) mass is 286 g/mol. The average Bonchev–Trinajstić information content (AvgIpc) is 3.09. The number of thiophene rings is 1. The minimum absolute atomic E-state index is 0.269. The highest BCUT2D eigenvalue weighted by atomic mass is 32.1. The van der Waals surface area contributed by atoms with E-state index in [2.05, 4.69) is 34.0 Å². The zero-order chi connectivity index (χ0) is 13.6. The van der Waals surface area contributed by atoms with Crippen LogP contribution < -0.4 is 10.5 Å². The molecule has 1 spiro atoms. The first kappa shape index (κ1) is 11.8. The second-order valence-corrected chi connectivity index (χ2v) is 6.04. The van der Waals surface area contributed by atoms with Crippen LogP contribution in [0.4, 0.5) is 0 Å². The fraction of sp³-hybridized carbons (Fsp3) is 0.267. The summed E-state index contributed by atoms with van der Waals surface area (Å²) in [5.74, 6) is 0.940. The van der Waals surface area contributed by atoms with Crippen LogP contribution in [0.3, 0.4) is 0 Å². The van der Waals surface area contributed by atoms with E-state index >= 15 is 0 Å². The fourth-order valence-corrected chi connectivity index (χ4v) is 3.42. The Morgan fingerprint density at radius 3 is 2.80 bits per heavy atom. The number of nitrogens with zero attached hydrogens (tertiary/aromatic N) is 1. The quantitative estimate of drug-likeness (QED) is 0.876. The molecule has 0 saturated carbocycles. The summed E-state index contributed by atoms with van der Waals surface area (Å²) in [6.45, 7) is 1.03. The van der Waals surface area contributed by atoms with Gasteiger partial charge < -0.3 is 15.2 Å². The van der Waals surface area contributed by atoms with E-state index in [0.717, 1.165) is 12.2 Å². The van der Waals surface area contributed by atoms with Crippen molar-refractivity contribution in [2.45, 2.75) is 12.0 Å². The lowest BCUT2D eigenvalue weighted by atomic mass is 9.89. The number of hydrogen-bond donors (Lipinski definition) is 1. The van der Waals surface area contributed by atoms with Crippen molar-refractivity contribution in [3.05, 3.63) is 40.6 Å². The van der Waals surface area contributed by atoms with Crippen LogP contribution in [0.25, 0.3) is 11.1 Å². The van der Waals surface area contributed by atoms with Gasteiger partial charge in [-0.2, -0.15) is 11.3 Å². The Labute approximate surface area is 120 Å². The van der Waals surface area contributed by atoms with Crippen LogP contribution in [-0.4, -0.2) is 24.8 Å². The number of nitrogens with two attached hydrogens (primary N) is 1. The molecular formula is C15H14N2O2S. The minimum atomic E-state index is -0.343. The Morgan fingerprint density at radius 1 is 1.15 bits per heavy atom. The highest BCUT2D eigenvalue weighted by molar-refractivity contribution is 7.08. The van der Waals surface area contributed by atoms with Crippen molar-refractivity contribution >= 4 is 17.4 Å². The summed E-state index contributed by atoms with van der Waals surface area (Å²) in [5.41, 5.74) is 8.92. The largest absolute Gasteiger partial charge is 0.491 e. The second-order valence-electron chi connectivity index (χ2n) is 5.26. The zero-order valence-corrected chi connectivity index (χ0v) is 11.7. The van der Waals surface area contributed by atoms with Crippen LogP contribution in [0.15, 0.2) is 40.0 Å². The molecule has 0 radical (unpaired) electrons. The molecule has 4 rings (SSSR count). The van der Waals surface area contributed by atoms with Gasteiger partial charge in [0.05, 0.1) is 0 Å². The van der Waals surface area contributed by atoms with Crippen molar-refractivity contribution in [3.8, 4) is 16.9 Å². The number of ether oxygens (including phenoxy) is 2. The Morgan fingerprint density at radius 2 is 2.05 bits per heavy atom. The van der Waals surface area contributed by atoms with E-state index < -0.39 is 0 Å². The van der Waals surface area contributed by atoms with Crippen LogP contribution in [0.1, 0.15) is 5.56 Å². The van der Waals surface area contributed by atoms with Gasteiger partial charge in [-0.1, -0.05) is 6.07 Å². The van der Waals surface area contributed by atoms with E-state index in [9.17, 15) is 0 Å². The number of rotatable bonds is 1. The normalized spacial score (nSPS) is 23.9. The Balaban J connectivity index is 1.71. The lowest BCUT2D eigenvalue weighted by Crippen LogP contribution is -2.41. The standard InChI is InChI=1S/C15H14N2O2S/c16-14-17-15(9-19-14)6-12-5-10(11-3-4-20-7-11)1-2-13(12)18-8-15/h1-5,7H,6,8-9H2,(H2,16,17). The number of hydrogen-bond acceptors (Lipinski definition) is 5. The first-order valence-electron chi connectivity index (χ1n) is 6.51. The van der Waals surface area contributed by atoms with Gasteiger partial charge in [0.1, 0.15) is 24.5 Å². The van der Waals surface area contributed by atoms with Crippen molar-refractivity contribution < 1.29 is 9.47 Å². The van der Waals surface area contributed by atoms with Crippen LogP contribution in [0, 0.1) is 0 Å². The second kappa shape index (κ2) is 4.24. The summed E-state index contributed by atoms with van der Waals surface area (Å²) >= 11 is 1.70. The minimum Gasteiger partial charge on any atom is -0.491 e. The summed E-state index contributed by atoms with van der Waals surface area (Å²) < 4.78 is 11.2. The highest BCUT2D eigenvalue weighted by Crippen LogP contribution is 2.36. The lowest BCUT2D eigenvalue weighted by molar-refractivity contribution is 0.153. The molecule has 2 aliphatic rings. The molecule has 1 aromatic carbocycles. The maximum Gasteiger partial charge on any atom is 0.282 e. The van der Waals surface area contributed by atoms with Crippen molar-refractivity contribution in [1.82, 2.24) is 0 Å². The maximum absolute atomic E-state index is 5.84. The molecule has 0 bridgehead atoms. The summed E-state index contributed by atoms with van der Waals surface area (Å²) in [7, 11) is 0. The Kier molecular flexibility index (Phi) is 2.50. The van der Waals surface area contributed by atoms with E-state index in [-0.39, 0.29) is 11.6 Å². The molecule has 0 aliphatic carbocycles. The van der Waals surface area contributed by atoms with E-state index in [1.165, 1.54) is 16.7 Å². The summed E-state index contributed by atoms with van der Waals surface area (Å²) in [6.07, 6.45) is 0.807. The van der Waals surface area contributed by atoms with Crippen molar-refractivity contribution in [3.63, 3.8) is 0 Å². The molecule has 4 nitrogen and oxygen atoms in total. The first-order chi connectivity index (χ1) is 9.74. The fourth-order valence-electron chi connectivity index (χ4n) is 2.76. The van der Waals surface area contributed by atoms with Gasteiger partial charge in [0.25, 0.3) is 6.02 Å². The number of aliphatic imine (C=N–C) groups is 1. The smallest absolute Gasteiger partial charge is 0.282 e. The number of fused-ring (bicyclic) bond motifs is 1. The van der Waals surface area contributed by atoms with Crippen LogP contribution in [0.2, 0.25) is 0 Å². The number of amidine groups is 1. The average molecular weight is 286 g/mol. The Hall–Kier alpha value is -2.01. The summed E-state index contributed by atoms with van der Waals surface area (Å²) in [4.78, 5) is 4.42. The molecule has 102 valence electrons. The van der Waals surface area contributed by atoms with Gasteiger partial charge in [-0.15, -0.1) is 0 Å². The predicted molar refractivity (Wildman–Crippen MR) is 79.3 cm³/mol. The molecular weight excluding hydrogens is 272 g/mol. The zero-order valence-electron chi connectivity index (χ0n) is 10.8. The summed E-state index contributed by atoms with van der Waals surface area (Å²) in [6, 6.07) is 8.72. The van der Waals surface area contributed by atoms with Gasteiger partial charge in [0.15, 0.2) is 0 Å². The van der Waals surface area contributed by atoms with Gasteiger partial charge >= 0.3 is 0 Å². The molecule has 1 aromatic heterocycles. The molecule has 20 heavy (non-hydrogen) atoms. The first-order valence-corrected chi connectivity index (χ1v) is 7.45. The van der Waals surface area contributed by atoms with E-state index in [0.29, 0.717) is 13.2 Å². The molecule has 2 aromatic rings. The van der Waals surface area contributed by atoms with E-state index in [1.807, 2.05) is 6.07 Å². The predicted octanol–water partition coefficient (Wildman–Crippen LogP) is 2.43. The Bertz CT molecular complexity index is 681. The van der Waals surface area contributed by atoms with Gasteiger partial charge in [-0.25, -0.2) is 4.99 Å². The molecule has 1 unspecified atom stereocenters. The number of benzene rings is 1. The summed E-state index contributed by atoms with van der Waals surface area (Å²) in [5, 5.41) is 4.23. The van der Waals surface area contributed by atoms with Crippen molar-refractivity contribution in [1.29, 1.82) is 0 Å². The molecule has 1 atom stereocenters. The molecule has 5 heteroatoms. The third kappa shape index (κ3) is 1.86. The van der Waals surface area contributed by atoms with Crippen molar-refractivity contribution in [2.24, 2.45) is 10.7 Å². The van der Waals surface area contributed by atoms with E-state index in [4.69, 9.17) is 15.2 Å². The van der Waals surface area contributed by atoms with Gasteiger partial charge in [0.2, 0.25) is 0 Å². The molecule has 0 fully saturated rings. The topological polar surface area (TPSA) is 56.8 Å². The maximum atomic E-state index is 5.84. The molecule has 0 amide bonds. The van der Waals surface area contributed by atoms with Crippen LogP contribution in [0.5, 0.6) is 5.75 Å². The van der Waals surface area contributed by atoms with E-state index in [1.54, 1.807) is 11.3 Å². The molecule has 2 N–H and O–H groups in total. The molecule has 3 heterocycles. The highest BCUT2D eigenvalue weighted by Gasteiger charge is 2.40. The lowest BCUT2D eigenvalue weighted by Gasteiger charge is -2.30.